The topological polar surface area (TPSA) is 76.0 Å². The average Bonchev–Trinajstić information content (AvgIpc) is 2.91. The SMILES string of the molecule is CCCCCCCCC/C=C/CCCCCCc1nc2ccccc2c(=O)[nH]c2ccccc2c(=O)o1. The van der Waals surface area contributed by atoms with Crippen LogP contribution in [0.1, 0.15) is 96.3 Å². The second-order valence-electron chi connectivity index (χ2n) is 9.75. The number of aromatic nitrogens is 2. The zero-order valence-electron chi connectivity index (χ0n) is 22.3. The third-order valence-corrected chi connectivity index (χ3v) is 6.65. The average molecular weight is 503 g/mol. The quantitative estimate of drug-likeness (QED) is 0.167. The molecule has 0 fully saturated rings. The molecule has 0 atom stereocenters. The molecular formula is C32H42N2O3. The molecule has 0 aliphatic carbocycles. The van der Waals surface area contributed by atoms with Crippen molar-refractivity contribution in [3.63, 3.8) is 0 Å². The molecule has 5 heteroatoms. The third-order valence-electron chi connectivity index (χ3n) is 6.65. The molecule has 1 heterocycles. The van der Waals surface area contributed by atoms with E-state index in [9.17, 15) is 9.59 Å². The lowest BCUT2D eigenvalue weighted by molar-refractivity contribution is 0.438. The van der Waals surface area contributed by atoms with E-state index in [-0.39, 0.29) is 5.56 Å². The van der Waals surface area contributed by atoms with Gasteiger partial charge in [-0.15, -0.1) is 0 Å². The fourth-order valence-corrected chi connectivity index (χ4v) is 4.50. The van der Waals surface area contributed by atoms with E-state index in [0.717, 1.165) is 32.1 Å². The van der Waals surface area contributed by atoms with Gasteiger partial charge in [-0.2, -0.15) is 0 Å². The van der Waals surface area contributed by atoms with Gasteiger partial charge >= 0.3 is 5.63 Å². The second-order valence-corrected chi connectivity index (χ2v) is 9.75. The Labute approximate surface area is 220 Å². The van der Waals surface area contributed by atoms with E-state index in [1.165, 1.54) is 51.4 Å². The van der Waals surface area contributed by atoms with Crippen LogP contribution >= 0.6 is 0 Å². The Morgan fingerprint density at radius 2 is 1.32 bits per heavy atom. The predicted molar refractivity (Wildman–Crippen MR) is 155 cm³/mol. The largest absolute Gasteiger partial charge is 0.408 e. The number of nitrogens with one attached hydrogen (secondary N) is 1. The zero-order chi connectivity index (χ0) is 26.1. The molecule has 5 nitrogen and oxygen atoms in total. The summed E-state index contributed by atoms with van der Waals surface area (Å²) in [5.74, 6) is 0.358. The van der Waals surface area contributed by atoms with Crippen molar-refractivity contribution < 1.29 is 4.42 Å². The third kappa shape index (κ3) is 9.99. The number of benzene rings is 2. The van der Waals surface area contributed by atoms with Crippen LogP contribution in [0, 0.1) is 0 Å². The highest BCUT2D eigenvalue weighted by atomic mass is 16.4. The summed E-state index contributed by atoms with van der Waals surface area (Å²) < 4.78 is 5.71. The van der Waals surface area contributed by atoms with Crippen LogP contribution in [-0.4, -0.2) is 9.97 Å². The number of hydrogen-bond donors (Lipinski definition) is 1. The van der Waals surface area contributed by atoms with Crippen LogP contribution in [-0.2, 0) is 6.42 Å². The molecule has 3 rings (SSSR count). The van der Waals surface area contributed by atoms with Crippen LogP contribution in [0.4, 0.5) is 0 Å². The lowest BCUT2D eigenvalue weighted by Crippen LogP contribution is -2.07. The molecule has 1 aromatic heterocycles. The molecule has 3 aromatic rings. The van der Waals surface area contributed by atoms with Gasteiger partial charge in [0, 0.05) is 6.42 Å². The Morgan fingerprint density at radius 1 is 0.730 bits per heavy atom. The van der Waals surface area contributed by atoms with Gasteiger partial charge in [-0.25, -0.2) is 9.78 Å². The van der Waals surface area contributed by atoms with E-state index in [1.54, 1.807) is 42.5 Å². The maximum absolute atomic E-state index is 12.9. The van der Waals surface area contributed by atoms with Crippen LogP contribution < -0.4 is 11.2 Å². The molecule has 37 heavy (non-hydrogen) atoms. The molecule has 0 amide bonds. The van der Waals surface area contributed by atoms with Crippen molar-refractivity contribution in [1.82, 2.24) is 9.97 Å². The number of para-hydroxylation sites is 2. The number of aromatic amines is 1. The van der Waals surface area contributed by atoms with Crippen molar-refractivity contribution in [3.05, 3.63) is 87.3 Å². The molecule has 0 unspecified atom stereocenters. The van der Waals surface area contributed by atoms with Gasteiger partial charge in [0.2, 0.25) is 0 Å². The lowest BCUT2D eigenvalue weighted by atomic mass is 10.1. The summed E-state index contributed by atoms with van der Waals surface area (Å²) in [5, 5.41) is 0.780. The minimum Gasteiger partial charge on any atom is -0.408 e. The van der Waals surface area contributed by atoms with Crippen molar-refractivity contribution in [2.24, 2.45) is 0 Å². The number of H-pyrrole nitrogens is 1. The maximum atomic E-state index is 12.9. The number of aryl methyl sites for hydroxylation is 1. The molecule has 2 aromatic carbocycles. The van der Waals surface area contributed by atoms with Gasteiger partial charge in [-0.1, -0.05) is 94.7 Å². The van der Waals surface area contributed by atoms with Gasteiger partial charge in [0.25, 0.3) is 5.56 Å². The molecule has 1 N–H and O–H groups in total. The number of rotatable bonds is 15. The van der Waals surface area contributed by atoms with Gasteiger partial charge in [-0.3, -0.25) is 4.79 Å². The molecular weight excluding hydrogens is 460 g/mol. The van der Waals surface area contributed by atoms with Crippen LogP contribution in [0.2, 0.25) is 0 Å². The van der Waals surface area contributed by atoms with Gasteiger partial charge in [0.15, 0.2) is 5.89 Å². The van der Waals surface area contributed by atoms with Gasteiger partial charge in [0.1, 0.15) is 0 Å². The van der Waals surface area contributed by atoms with Crippen molar-refractivity contribution in [1.29, 1.82) is 0 Å². The first-order valence-corrected chi connectivity index (χ1v) is 14.1. The molecule has 0 aliphatic rings. The highest BCUT2D eigenvalue weighted by Crippen LogP contribution is 2.12. The predicted octanol–water partition coefficient (Wildman–Crippen LogP) is 8.34. The molecule has 0 saturated heterocycles. The van der Waals surface area contributed by atoms with Gasteiger partial charge < -0.3 is 9.40 Å². The van der Waals surface area contributed by atoms with Crippen molar-refractivity contribution >= 4 is 21.8 Å². The molecule has 0 saturated carbocycles. The second kappa shape index (κ2) is 16.5. The van der Waals surface area contributed by atoms with E-state index >= 15 is 0 Å². The van der Waals surface area contributed by atoms with E-state index < -0.39 is 5.63 Å². The standard InChI is InChI=1S/C32H42N2O3/c1-2-3-4-5-6-7-8-9-10-11-12-13-14-15-16-25-30-33-28-23-19-17-21-26(28)31(35)34-29-24-20-18-22-27(29)32(36)37-30/h10-11,17-24H,2-9,12-16,25H2,1H3,(H,34,35)/b11-10+,33-30?. The number of hydrogen-bond acceptors (Lipinski definition) is 4. The first-order chi connectivity index (χ1) is 18.2. The summed E-state index contributed by atoms with van der Waals surface area (Å²) >= 11 is 0. The zero-order valence-corrected chi connectivity index (χ0v) is 22.3. The number of unbranched alkanes of at least 4 members (excludes halogenated alkanes) is 11. The Hall–Kier alpha value is -3.21. The van der Waals surface area contributed by atoms with E-state index in [4.69, 9.17) is 4.42 Å². The van der Waals surface area contributed by atoms with Crippen LogP contribution in [0.5, 0.6) is 0 Å². The monoisotopic (exact) mass is 502 g/mol. The van der Waals surface area contributed by atoms with Gasteiger partial charge in [-0.05, 0) is 56.4 Å². The van der Waals surface area contributed by atoms with E-state index in [1.807, 2.05) is 6.07 Å². The molecule has 0 bridgehead atoms. The normalized spacial score (nSPS) is 11.4. The Bertz CT molecular complexity index is 1300. The van der Waals surface area contributed by atoms with Crippen LogP contribution in [0.15, 0.2) is 74.7 Å². The summed E-state index contributed by atoms with van der Waals surface area (Å²) in [6, 6.07) is 14.0. The fraction of sp³-hybridized carbons (Fsp3) is 0.469. The summed E-state index contributed by atoms with van der Waals surface area (Å²) in [5.41, 5.74) is 0.155. The Balaban J connectivity index is 1.52. The molecule has 0 radical (unpaired) electrons. The van der Waals surface area contributed by atoms with Crippen LogP contribution in [0.3, 0.4) is 0 Å². The summed E-state index contributed by atoms with van der Waals surface area (Å²) in [4.78, 5) is 33.1. The molecule has 0 aliphatic heterocycles. The van der Waals surface area contributed by atoms with E-state index in [0.29, 0.717) is 34.1 Å². The van der Waals surface area contributed by atoms with Crippen LogP contribution in [0.25, 0.3) is 21.8 Å². The number of fused-ring (bicyclic) bond motifs is 2. The highest BCUT2D eigenvalue weighted by Gasteiger charge is 2.04. The molecule has 198 valence electrons. The fourth-order valence-electron chi connectivity index (χ4n) is 4.50. The minimum atomic E-state index is -0.500. The summed E-state index contributed by atoms with van der Waals surface area (Å²) in [7, 11) is 0. The van der Waals surface area contributed by atoms with E-state index in [2.05, 4.69) is 29.0 Å². The molecule has 0 spiro atoms. The first-order valence-electron chi connectivity index (χ1n) is 14.1. The van der Waals surface area contributed by atoms with Crippen molar-refractivity contribution in [2.75, 3.05) is 0 Å². The Kier molecular flexibility index (Phi) is 12.7. The minimum absolute atomic E-state index is 0.291. The lowest BCUT2D eigenvalue weighted by Gasteiger charge is -2.01. The summed E-state index contributed by atoms with van der Waals surface area (Å²) in [6.07, 6.45) is 21.2. The maximum Gasteiger partial charge on any atom is 0.346 e. The smallest absolute Gasteiger partial charge is 0.346 e. The highest BCUT2D eigenvalue weighted by molar-refractivity contribution is 5.79. The van der Waals surface area contributed by atoms with Crippen molar-refractivity contribution in [3.8, 4) is 0 Å². The van der Waals surface area contributed by atoms with Gasteiger partial charge in [0.05, 0.1) is 21.8 Å². The number of nitrogens with zero attached hydrogens (tertiary/aromatic N) is 1. The Morgan fingerprint density at radius 3 is 2.05 bits per heavy atom. The number of allylic oxidation sites excluding steroid dienone is 2. The summed E-state index contributed by atoms with van der Waals surface area (Å²) in [6.45, 7) is 2.26. The first kappa shape index (κ1) is 28.4. The van der Waals surface area contributed by atoms with Crippen molar-refractivity contribution in [2.45, 2.75) is 96.8 Å².